The van der Waals surface area contributed by atoms with E-state index in [0.29, 0.717) is 18.2 Å². The van der Waals surface area contributed by atoms with Gasteiger partial charge in [-0.15, -0.1) is 0 Å². The molecule has 0 spiro atoms. The summed E-state index contributed by atoms with van der Waals surface area (Å²) in [5.74, 6) is -8.57. The Morgan fingerprint density at radius 2 is 0.769 bits per heavy atom. The molecule has 26 heavy (non-hydrogen) atoms. The zero-order chi connectivity index (χ0) is 20.4. The Balaban J connectivity index is 3.95. The monoisotopic (exact) mass is 376 g/mol. The smallest absolute Gasteiger partial charge is 0.252 e. The molecular formula is C8H4N6O12. The van der Waals surface area contributed by atoms with Crippen LogP contribution in [0.2, 0.25) is 0 Å². The highest BCUT2D eigenvalue weighted by Crippen LogP contribution is 2.32. The Bertz CT molecular complexity index is 713. The number of rotatable bonds is 8. The lowest BCUT2D eigenvalue weighted by molar-refractivity contribution is -0.987. The highest BCUT2D eigenvalue weighted by molar-refractivity contribution is 5.27. The van der Waals surface area contributed by atoms with E-state index in [1.165, 1.54) is 0 Å². The predicted octanol–water partition coefficient (Wildman–Crippen LogP) is -0.433. The molecule has 0 N–H and O–H groups in total. The van der Waals surface area contributed by atoms with Crippen LogP contribution in [0.25, 0.3) is 0 Å². The zero-order valence-corrected chi connectivity index (χ0v) is 11.9. The summed E-state index contributed by atoms with van der Waals surface area (Å²) in [6.07, 6.45) is 0. The Labute approximate surface area is 138 Å². The minimum Gasteiger partial charge on any atom is -0.252 e. The lowest BCUT2D eigenvalue weighted by Gasteiger charge is -2.11. The molecule has 18 heteroatoms. The van der Waals surface area contributed by atoms with Crippen molar-refractivity contribution >= 4 is 0 Å². The fraction of sp³-hybridized carbons (Fsp3) is 0.250. The summed E-state index contributed by atoms with van der Waals surface area (Å²) in [6.45, 7) is 0. The van der Waals surface area contributed by atoms with Crippen molar-refractivity contribution in [3.8, 4) is 0 Å². The molecule has 0 atom stereocenters. The Morgan fingerprint density at radius 1 is 0.538 bits per heavy atom. The second-order valence-electron chi connectivity index (χ2n) is 4.39. The van der Waals surface area contributed by atoms with Gasteiger partial charge in [-0.25, -0.2) is 0 Å². The summed E-state index contributed by atoms with van der Waals surface area (Å²) in [5.41, 5.74) is -2.94. The third-order valence-corrected chi connectivity index (χ3v) is 3.16. The van der Waals surface area contributed by atoms with Gasteiger partial charge in [0.25, 0.3) is 0 Å². The molecule has 1 rings (SSSR count). The summed E-state index contributed by atoms with van der Waals surface area (Å²) < 4.78 is 0. The average molecular weight is 376 g/mol. The molecule has 0 aliphatic carbocycles. The fourth-order valence-electron chi connectivity index (χ4n) is 1.97. The molecule has 0 heterocycles. The van der Waals surface area contributed by atoms with Gasteiger partial charge < -0.3 is 0 Å². The summed E-state index contributed by atoms with van der Waals surface area (Å²) in [6, 6.07) is 1.25. The van der Waals surface area contributed by atoms with E-state index >= 15 is 0 Å². The van der Waals surface area contributed by atoms with Gasteiger partial charge >= 0.3 is 11.6 Å². The minimum absolute atomic E-state index is 0.0667. The molecule has 0 amide bonds. The summed E-state index contributed by atoms with van der Waals surface area (Å²) in [4.78, 5) is 54.2. The molecule has 0 bridgehead atoms. The van der Waals surface area contributed by atoms with Crippen LogP contribution in [0.3, 0.4) is 0 Å². The van der Waals surface area contributed by atoms with Crippen molar-refractivity contribution < 1.29 is 29.5 Å². The van der Waals surface area contributed by atoms with Gasteiger partial charge in [-0.2, -0.15) is 0 Å². The van der Waals surface area contributed by atoms with Gasteiger partial charge in [0.15, 0.2) is 40.7 Å². The number of nitro groups is 6. The molecule has 1 aromatic carbocycles. The normalized spacial score (nSPS) is 11.4. The lowest BCUT2D eigenvalue weighted by Crippen LogP contribution is -2.52. The molecule has 0 radical (unpaired) electrons. The van der Waals surface area contributed by atoms with E-state index in [0.717, 1.165) is 0 Å². The van der Waals surface area contributed by atoms with Crippen LogP contribution in [0.5, 0.6) is 0 Å². The number of benzene rings is 1. The van der Waals surface area contributed by atoms with Crippen LogP contribution < -0.4 is 0 Å². The van der Waals surface area contributed by atoms with Crippen LogP contribution in [0, 0.1) is 60.7 Å². The summed E-state index contributed by atoms with van der Waals surface area (Å²) in [5, 5.41) is 65.9. The third kappa shape index (κ3) is 2.37. The van der Waals surface area contributed by atoms with Crippen LogP contribution in [-0.4, -0.2) is 29.5 Å². The van der Waals surface area contributed by atoms with Crippen molar-refractivity contribution in [2.24, 2.45) is 0 Å². The zero-order valence-electron chi connectivity index (χ0n) is 11.9. The summed E-state index contributed by atoms with van der Waals surface area (Å²) in [7, 11) is 0. The van der Waals surface area contributed by atoms with E-state index in [1.807, 2.05) is 0 Å². The first-order chi connectivity index (χ1) is 11.9. The van der Waals surface area contributed by atoms with Crippen molar-refractivity contribution in [3.63, 3.8) is 0 Å². The second kappa shape index (κ2) is 6.26. The van der Waals surface area contributed by atoms with Gasteiger partial charge in [0.05, 0.1) is 0 Å². The van der Waals surface area contributed by atoms with Crippen LogP contribution in [0.4, 0.5) is 0 Å². The maximum Gasteiger partial charge on any atom is 0.728 e. The van der Waals surface area contributed by atoms with Gasteiger partial charge in [-0.3, -0.25) is 60.7 Å². The van der Waals surface area contributed by atoms with Crippen LogP contribution >= 0.6 is 0 Å². The molecule has 0 aliphatic heterocycles. The fourth-order valence-corrected chi connectivity index (χ4v) is 1.97. The van der Waals surface area contributed by atoms with E-state index in [9.17, 15) is 60.7 Å². The van der Waals surface area contributed by atoms with Crippen molar-refractivity contribution in [3.05, 3.63) is 96.1 Å². The second-order valence-corrected chi connectivity index (χ2v) is 4.39. The molecule has 0 saturated heterocycles. The van der Waals surface area contributed by atoms with Crippen molar-refractivity contribution in [2.45, 2.75) is 11.6 Å². The summed E-state index contributed by atoms with van der Waals surface area (Å²) >= 11 is 0. The van der Waals surface area contributed by atoms with E-state index in [2.05, 4.69) is 0 Å². The number of hydrogen-bond acceptors (Lipinski definition) is 12. The Kier molecular flexibility index (Phi) is 4.73. The molecular weight excluding hydrogens is 372 g/mol. The average Bonchev–Trinajstić information content (AvgIpc) is 2.46. The highest BCUT2D eigenvalue weighted by atomic mass is 16.7. The Hall–Kier alpha value is -4.38. The highest BCUT2D eigenvalue weighted by Gasteiger charge is 2.76. The lowest BCUT2D eigenvalue weighted by atomic mass is 10.0. The van der Waals surface area contributed by atoms with E-state index in [4.69, 9.17) is 0 Å². The van der Waals surface area contributed by atoms with Crippen molar-refractivity contribution in [1.82, 2.24) is 0 Å². The minimum atomic E-state index is -4.29. The van der Waals surface area contributed by atoms with Gasteiger partial charge in [-0.05, 0) is 18.2 Å². The van der Waals surface area contributed by atoms with Crippen molar-refractivity contribution in [1.29, 1.82) is 0 Å². The molecule has 0 unspecified atom stereocenters. The SMILES string of the molecule is O=[N+]([O-])C(c1cccc(C([N+](=O)[O-])([N+](=O)[O-])[N+](=O)[O-])c1)([N+](=O)[O-])[N+](=O)[O-]. The number of nitrogens with zero attached hydrogens (tertiary/aromatic N) is 6. The van der Waals surface area contributed by atoms with Gasteiger partial charge in [0.2, 0.25) is 0 Å². The molecule has 0 aliphatic rings. The third-order valence-electron chi connectivity index (χ3n) is 3.16. The van der Waals surface area contributed by atoms with Crippen molar-refractivity contribution in [2.75, 3.05) is 0 Å². The predicted molar refractivity (Wildman–Crippen MR) is 71.8 cm³/mol. The topological polar surface area (TPSA) is 259 Å². The Morgan fingerprint density at radius 3 is 0.962 bits per heavy atom. The first-order valence-electron chi connectivity index (χ1n) is 5.85. The van der Waals surface area contributed by atoms with E-state index < -0.39 is 52.2 Å². The molecule has 1 aromatic rings. The quantitative estimate of drug-likeness (QED) is 0.317. The standard InChI is InChI=1S/C8H4N6O12/c15-9(16)7(10(17)18,11(19)20)5-2-1-3-6(4-5)8(12(21)22,13(23)24)14(25)26/h1-4H. The molecule has 138 valence electrons. The molecule has 0 aromatic heterocycles. The van der Waals surface area contributed by atoms with E-state index in [1.54, 1.807) is 0 Å². The number of hydrogen-bond donors (Lipinski definition) is 0. The van der Waals surface area contributed by atoms with Gasteiger partial charge in [-0.1, -0.05) is 6.07 Å². The largest absolute Gasteiger partial charge is 0.728 e. The van der Waals surface area contributed by atoms with Gasteiger partial charge in [0.1, 0.15) is 0 Å². The molecule has 0 saturated carbocycles. The maximum atomic E-state index is 11.0. The molecule has 18 nitrogen and oxygen atoms in total. The van der Waals surface area contributed by atoms with E-state index in [-0.39, 0.29) is 6.07 Å². The van der Waals surface area contributed by atoms with Crippen LogP contribution in [0.15, 0.2) is 24.3 Å². The van der Waals surface area contributed by atoms with Crippen LogP contribution in [-0.2, 0) is 11.6 Å². The molecule has 0 fully saturated rings. The maximum absolute atomic E-state index is 11.0. The first kappa shape index (κ1) is 19.7. The first-order valence-corrected chi connectivity index (χ1v) is 5.85. The van der Waals surface area contributed by atoms with Crippen LogP contribution in [0.1, 0.15) is 11.1 Å². The van der Waals surface area contributed by atoms with Gasteiger partial charge in [0, 0.05) is 0 Å².